The molecule has 1 N–H and O–H groups in total. The molecule has 3 aromatic carbocycles. The second-order valence-electron chi connectivity index (χ2n) is 6.33. The molecule has 4 aromatic rings. The van der Waals surface area contributed by atoms with Gasteiger partial charge in [0.15, 0.2) is 12.2 Å². The van der Waals surface area contributed by atoms with E-state index in [1.54, 1.807) is 18.2 Å². The van der Waals surface area contributed by atoms with Gasteiger partial charge in [0.2, 0.25) is 5.89 Å². The van der Waals surface area contributed by atoms with Crippen LogP contribution in [0, 0.1) is 6.92 Å². The number of oxazole rings is 1. The molecule has 5 nitrogen and oxygen atoms in total. The number of hydrogen-bond donors (Lipinski definition) is 1. The lowest BCUT2D eigenvalue weighted by Gasteiger charge is -2.08. The van der Waals surface area contributed by atoms with E-state index >= 15 is 0 Å². The van der Waals surface area contributed by atoms with Crippen LogP contribution in [-0.2, 0) is 4.79 Å². The summed E-state index contributed by atoms with van der Waals surface area (Å²) in [6, 6.07) is 20.7. The molecule has 0 aliphatic heterocycles. The van der Waals surface area contributed by atoms with Crippen LogP contribution in [0.15, 0.2) is 75.6 Å². The van der Waals surface area contributed by atoms with Crippen molar-refractivity contribution in [1.29, 1.82) is 0 Å². The van der Waals surface area contributed by atoms with Crippen molar-refractivity contribution >= 4 is 38.6 Å². The molecular weight excluding hydrogens is 420 g/mol. The number of rotatable bonds is 5. The van der Waals surface area contributed by atoms with Crippen LogP contribution < -0.4 is 10.1 Å². The van der Waals surface area contributed by atoms with Gasteiger partial charge in [0.05, 0.1) is 4.47 Å². The third-order valence-corrected chi connectivity index (χ3v) is 4.82. The van der Waals surface area contributed by atoms with Gasteiger partial charge in [0, 0.05) is 17.3 Å². The number of ether oxygens (including phenoxy) is 1. The molecule has 1 heterocycles. The van der Waals surface area contributed by atoms with Crippen molar-refractivity contribution in [1.82, 2.24) is 4.98 Å². The summed E-state index contributed by atoms with van der Waals surface area (Å²) in [7, 11) is 0. The predicted molar refractivity (Wildman–Crippen MR) is 112 cm³/mol. The maximum absolute atomic E-state index is 12.2. The number of benzene rings is 3. The second-order valence-corrected chi connectivity index (χ2v) is 7.19. The first kappa shape index (κ1) is 18.3. The van der Waals surface area contributed by atoms with Crippen molar-refractivity contribution in [3.8, 4) is 17.2 Å². The lowest BCUT2D eigenvalue weighted by atomic mass is 10.1. The van der Waals surface area contributed by atoms with Gasteiger partial charge >= 0.3 is 0 Å². The number of nitrogens with zero attached hydrogens (tertiary/aromatic N) is 1. The molecule has 0 saturated heterocycles. The summed E-state index contributed by atoms with van der Waals surface area (Å²) in [6.45, 7) is 1.94. The Bertz CT molecular complexity index is 1140. The molecule has 0 aliphatic carbocycles. The van der Waals surface area contributed by atoms with E-state index in [-0.39, 0.29) is 12.5 Å². The van der Waals surface area contributed by atoms with Crippen LogP contribution in [0.4, 0.5) is 5.69 Å². The van der Waals surface area contributed by atoms with E-state index in [1.807, 2.05) is 55.5 Å². The number of para-hydroxylation sites is 1. The van der Waals surface area contributed by atoms with Crippen LogP contribution in [0.25, 0.3) is 22.6 Å². The fraction of sp³-hybridized carbons (Fsp3) is 0.0909. The smallest absolute Gasteiger partial charge is 0.262 e. The van der Waals surface area contributed by atoms with Crippen LogP contribution in [0.2, 0.25) is 0 Å². The molecule has 0 bridgehead atoms. The molecule has 1 aromatic heterocycles. The molecule has 1 amide bonds. The van der Waals surface area contributed by atoms with Crippen LogP contribution in [-0.4, -0.2) is 17.5 Å². The number of hydrogen-bond acceptors (Lipinski definition) is 4. The Balaban J connectivity index is 1.46. The van der Waals surface area contributed by atoms with Crippen LogP contribution >= 0.6 is 15.9 Å². The molecule has 4 rings (SSSR count). The molecule has 28 heavy (non-hydrogen) atoms. The van der Waals surface area contributed by atoms with E-state index in [4.69, 9.17) is 9.15 Å². The van der Waals surface area contributed by atoms with Crippen molar-refractivity contribution in [3.63, 3.8) is 0 Å². The first-order valence-electron chi connectivity index (χ1n) is 8.73. The highest BCUT2D eigenvalue weighted by atomic mass is 79.9. The highest BCUT2D eigenvalue weighted by Gasteiger charge is 2.11. The van der Waals surface area contributed by atoms with Gasteiger partial charge < -0.3 is 14.5 Å². The minimum absolute atomic E-state index is 0.0916. The Hall–Kier alpha value is -3.12. The molecular formula is C22H17BrN2O3. The first-order chi connectivity index (χ1) is 13.6. The van der Waals surface area contributed by atoms with Crippen molar-refractivity contribution in [3.05, 3.63) is 76.8 Å². The van der Waals surface area contributed by atoms with Crippen molar-refractivity contribution in [2.24, 2.45) is 0 Å². The average molecular weight is 437 g/mol. The summed E-state index contributed by atoms with van der Waals surface area (Å²) in [5.74, 6) is 0.912. The molecule has 0 radical (unpaired) electrons. The maximum Gasteiger partial charge on any atom is 0.262 e. The normalized spacial score (nSPS) is 10.8. The fourth-order valence-electron chi connectivity index (χ4n) is 2.72. The van der Waals surface area contributed by atoms with E-state index in [0.29, 0.717) is 22.9 Å². The van der Waals surface area contributed by atoms with Crippen molar-refractivity contribution in [2.75, 3.05) is 11.9 Å². The van der Waals surface area contributed by atoms with Gasteiger partial charge in [0.1, 0.15) is 11.3 Å². The molecule has 0 spiro atoms. The molecule has 6 heteroatoms. The van der Waals surface area contributed by atoms with Gasteiger partial charge in [-0.3, -0.25) is 4.79 Å². The molecule has 0 saturated carbocycles. The maximum atomic E-state index is 12.2. The number of halogens is 1. The number of carbonyl (C=O) groups is 1. The largest absolute Gasteiger partial charge is 0.483 e. The zero-order valence-corrected chi connectivity index (χ0v) is 16.7. The monoisotopic (exact) mass is 436 g/mol. The molecule has 0 fully saturated rings. The van der Waals surface area contributed by atoms with E-state index in [2.05, 4.69) is 26.2 Å². The van der Waals surface area contributed by atoms with E-state index in [9.17, 15) is 4.79 Å². The Morgan fingerprint density at radius 3 is 2.68 bits per heavy atom. The Morgan fingerprint density at radius 1 is 1.11 bits per heavy atom. The zero-order chi connectivity index (χ0) is 19.5. The van der Waals surface area contributed by atoms with Crippen molar-refractivity contribution in [2.45, 2.75) is 6.92 Å². The second kappa shape index (κ2) is 7.86. The highest BCUT2D eigenvalue weighted by Crippen LogP contribution is 2.27. The van der Waals surface area contributed by atoms with Crippen LogP contribution in [0.3, 0.4) is 0 Å². The lowest BCUT2D eigenvalue weighted by molar-refractivity contribution is -0.118. The minimum Gasteiger partial charge on any atom is -0.483 e. The molecule has 0 atom stereocenters. The van der Waals surface area contributed by atoms with Gasteiger partial charge in [-0.15, -0.1) is 0 Å². The van der Waals surface area contributed by atoms with Gasteiger partial charge in [-0.05, 0) is 59.3 Å². The number of aromatic nitrogens is 1. The van der Waals surface area contributed by atoms with Gasteiger partial charge in [-0.25, -0.2) is 4.98 Å². The Labute approximate surface area is 170 Å². The number of fused-ring (bicyclic) bond motifs is 1. The van der Waals surface area contributed by atoms with E-state index in [0.717, 1.165) is 15.6 Å². The summed E-state index contributed by atoms with van der Waals surface area (Å²) in [5, 5.41) is 2.81. The summed E-state index contributed by atoms with van der Waals surface area (Å²) >= 11 is 3.39. The highest BCUT2D eigenvalue weighted by molar-refractivity contribution is 9.10. The number of nitrogens with one attached hydrogen (secondary N) is 1. The third kappa shape index (κ3) is 4.07. The van der Waals surface area contributed by atoms with E-state index < -0.39 is 0 Å². The number of carbonyl (C=O) groups excluding carboxylic acids is 1. The third-order valence-electron chi connectivity index (χ3n) is 4.17. The number of aryl methyl sites for hydroxylation is 1. The van der Waals surface area contributed by atoms with Crippen LogP contribution in [0.1, 0.15) is 5.56 Å². The minimum atomic E-state index is -0.256. The summed E-state index contributed by atoms with van der Waals surface area (Å²) in [5.41, 5.74) is 4.06. The molecule has 0 unspecified atom stereocenters. The first-order valence-corrected chi connectivity index (χ1v) is 9.52. The Kier molecular flexibility index (Phi) is 5.12. The summed E-state index contributed by atoms with van der Waals surface area (Å²) in [6.07, 6.45) is 0. The summed E-state index contributed by atoms with van der Waals surface area (Å²) < 4.78 is 12.2. The van der Waals surface area contributed by atoms with Crippen molar-refractivity contribution < 1.29 is 13.9 Å². The molecule has 140 valence electrons. The topological polar surface area (TPSA) is 64.4 Å². The number of anilines is 1. The molecule has 0 aliphatic rings. The standard InChI is InChI=1S/C22H17BrN2O3/c1-14-6-8-15(9-7-14)22-25-18-11-10-16(12-20(18)28-22)24-21(26)13-27-19-5-3-2-4-17(19)23/h2-12H,13H2,1H3,(H,24,26). The van der Waals surface area contributed by atoms with Gasteiger partial charge in [-0.1, -0.05) is 29.8 Å². The lowest BCUT2D eigenvalue weighted by Crippen LogP contribution is -2.20. The summed E-state index contributed by atoms with van der Waals surface area (Å²) in [4.78, 5) is 16.7. The van der Waals surface area contributed by atoms with Gasteiger partial charge in [0.25, 0.3) is 5.91 Å². The zero-order valence-electron chi connectivity index (χ0n) is 15.1. The SMILES string of the molecule is Cc1ccc(-c2nc3ccc(NC(=O)COc4ccccc4Br)cc3o2)cc1. The average Bonchev–Trinajstić information content (AvgIpc) is 3.11. The Morgan fingerprint density at radius 2 is 1.89 bits per heavy atom. The van der Waals surface area contributed by atoms with Crippen LogP contribution in [0.5, 0.6) is 5.75 Å². The number of amides is 1. The van der Waals surface area contributed by atoms with Gasteiger partial charge in [-0.2, -0.15) is 0 Å². The van der Waals surface area contributed by atoms with E-state index in [1.165, 1.54) is 5.56 Å². The fourth-order valence-corrected chi connectivity index (χ4v) is 3.12. The quantitative estimate of drug-likeness (QED) is 0.443. The predicted octanol–water partition coefficient (Wildman–Crippen LogP) is 5.58.